The fourth-order valence-electron chi connectivity index (χ4n) is 1.91. The molecule has 0 saturated carbocycles. The average Bonchev–Trinajstić information content (AvgIpc) is 2.89. The third-order valence-corrected chi connectivity index (χ3v) is 4.27. The van der Waals surface area contributed by atoms with Crippen LogP contribution in [-0.2, 0) is 14.8 Å². The maximum Gasteiger partial charge on any atom is 0.341 e. The van der Waals surface area contributed by atoms with E-state index in [9.17, 15) is 13.2 Å². The minimum absolute atomic E-state index is 0.0737. The molecule has 1 aliphatic heterocycles. The number of hydrogen-bond donors (Lipinski definition) is 2. The van der Waals surface area contributed by atoms with E-state index in [0.717, 1.165) is 31.7 Å². The van der Waals surface area contributed by atoms with Crippen molar-refractivity contribution in [1.29, 1.82) is 0 Å². The number of rotatable bonds is 4. The van der Waals surface area contributed by atoms with Crippen LogP contribution in [0.4, 0.5) is 0 Å². The van der Waals surface area contributed by atoms with E-state index in [1.807, 2.05) is 0 Å². The summed E-state index contributed by atoms with van der Waals surface area (Å²) in [6, 6.07) is 0.996. The van der Waals surface area contributed by atoms with Crippen LogP contribution in [0.1, 0.15) is 23.2 Å². The zero-order valence-corrected chi connectivity index (χ0v) is 11.3. The van der Waals surface area contributed by atoms with Gasteiger partial charge in [-0.25, -0.2) is 17.9 Å². The predicted molar refractivity (Wildman–Crippen MR) is 66.3 cm³/mol. The molecule has 0 aliphatic carbocycles. The SMILES string of the molecule is COC(=O)c1coc(S(=O)(=O)NC2CCCNC2)c1. The van der Waals surface area contributed by atoms with E-state index >= 15 is 0 Å². The highest BCUT2D eigenvalue weighted by molar-refractivity contribution is 7.89. The number of ether oxygens (including phenoxy) is 1. The molecule has 1 atom stereocenters. The molecule has 2 rings (SSSR count). The number of carbonyl (C=O) groups is 1. The summed E-state index contributed by atoms with van der Waals surface area (Å²) in [5.74, 6) is -0.635. The van der Waals surface area contributed by atoms with Gasteiger partial charge in [0, 0.05) is 18.7 Å². The number of nitrogens with one attached hydrogen (secondary N) is 2. The number of furan rings is 1. The van der Waals surface area contributed by atoms with Crippen molar-refractivity contribution in [2.45, 2.75) is 24.0 Å². The molecule has 1 fully saturated rings. The van der Waals surface area contributed by atoms with Crippen LogP contribution in [0.3, 0.4) is 0 Å². The Bertz CT molecular complexity index is 545. The van der Waals surface area contributed by atoms with Crippen LogP contribution in [0.2, 0.25) is 0 Å². The van der Waals surface area contributed by atoms with Crippen molar-refractivity contribution in [3.05, 3.63) is 17.9 Å². The molecule has 2 N–H and O–H groups in total. The highest BCUT2D eigenvalue weighted by Gasteiger charge is 2.25. The molecule has 1 aromatic heterocycles. The van der Waals surface area contributed by atoms with Crippen LogP contribution in [0, 0.1) is 0 Å². The molecule has 1 aromatic rings. The zero-order valence-electron chi connectivity index (χ0n) is 10.5. The molecule has 1 unspecified atom stereocenters. The molecule has 7 nitrogen and oxygen atoms in total. The number of methoxy groups -OCH3 is 1. The molecule has 1 aliphatic rings. The normalized spacial score (nSPS) is 20.2. The van der Waals surface area contributed by atoms with Crippen molar-refractivity contribution in [3.63, 3.8) is 0 Å². The van der Waals surface area contributed by atoms with Crippen LogP contribution >= 0.6 is 0 Å². The van der Waals surface area contributed by atoms with E-state index in [0.29, 0.717) is 6.54 Å². The highest BCUT2D eigenvalue weighted by Crippen LogP contribution is 2.16. The van der Waals surface area contributed by atoms with Gasteiger partial charge in [0.2, 0.25) is 5.09 Å². The standard InChI is InChI=1S/C11H16N2O5S/c1-17-11(14)8-5-10(18-7-8)19(15,16)13-9-3-2-4-12-6-9/h5,7,9,12-13H,2-4,6H2,1H3. The van der Waals surface area contributed by atoms with Crippen LogP contribution in [0.25, 0.3) is 0 Å². The summed E-state index contributed by atoms with van der Waals surface area (Å²) < 4.78 is 36.0. The first-order chi connectivity index (χ1) is 9.03. The second-order valence-electron chi connectivity index (χ2n) is 4.31. The van der Waals surface area contributed by atoms with Crippen molar-refractivity contribution < 1.29 is 22.4 Å². The van der Waals surface area contributed by atoms with Crippen LogP contribution in [0.15, 0.2) is 21.8 Å². The van der Waals surface area contributed by atoms with Crippen molar-refractivity contribution in [2.75, 3.05) is 20.2 Å². The van der Waals surface area contributed by atoms with Crippen molar-refractivity contribution in [2.24, 2.45) is 0 Å². The van der Waals surface area contributed by atoms with E-state index in [1.165, 1.54) is 7.11 Å². The van der Waals surface area contributed by atoms with Gasteiger partial charge in [-0.15, -0.1) is 0 Å². The quantitative estimate of drug-likeness (QED) is 0.762. The van der Waals surface area contributed by atoms with Gasteiger partial charge in [0.15, 0.2) is 0 Å². The summed E-state index contributed by atoms with van der Waals surface area (Å²) in [6.07, 6.45) is 2.76. The van der Waals surface area contributed by atoms with Crippen LogP contribution < -0.4 is 10.0 Å². The van der Waals surface area contributed by atoms with Gasteiger partial charge in [-0.2, -0.15) is 0 Å². The zero-order chi connectivity index (χ0) is 13.9. The van der Waals surface area contributed by atoms with Gasteiger partial charge in [-0.05, 0) is 19.4 Å². The first kappa shape index (κ1) is 14.0. The van der Waals surface area contributed by atoms with Gasteiger partial charge in [0.25, 0.3) is 10.0 Å². The summed E-state index contributed by atoms with van der Waals surface area (Å²) in [6.45, 7) is 1.48. The van der Waals surface area contributed by atoms with Crippen LogP contribution in [-0.4, -0.2) is 40.6 Å². The molecular formula is C11H16N2O5S. The van der Waals surface area contributed by atoms with E-state index in [2.05, 4.69) is 14.8 Å². The first-order valence-corrected chi connectivity index (χ1v) is 7.41. The fourth-order valence-corrected chi connectivity index (χ4v) is 3.13. The lowest BCUT2D eigenvalue weighted by molar-refractivity contribution is 0.0600. The molecular weight excluding hydrogens is 272 g/mol. The number of hydrogen-bond acceptors (Lipinski definition) is 6. The number of sulfonamides is 1. The Morgan fingerprint density at radius 1 is 1.58 bits per heavy atom. The van der Waals surface area contributed by atoms with E-state index in [1.54, 1.807) is 0 Å². The predicted octanol–water partition coefficient (Wildman–Crippen LogP) is 0.0965. The van der Waals surface area contributed by atoms with Gasteiger partial charge < -0.3 is 14.5 Å². The number of piperidine rings is 1. The summed E-state index contributed by atoms with van der Waals surface area (Å²) in [5.41, 5.74) is 0.0737. The highest BCUT2D eigenvalue weighted by atomic mass is 32.2. The first-order valence-electron chi connectivity index (χ1n) is 5.93. The average molecular weight is 288 g/mol. The maximum absolute atomic E-state index is 12.0. The third-order valence-electron chi connectivity index (χ3n) is 2.88. The molecule has 0 aromatic carbocycles. The smallest absolute Gasteiger partial charge is 0.341 e. The summed E-state index contributed by atoms with van der Waals surface area (Å²) in [4.78, 5) is 11.2. The summed E-state index contributed by atoms with van der Waals surface area (Å²) in [5, 5.41) is 2.83. The summed E-state index contributed by atoms with van der Waals surface area (Å²) >= 11 is 0. The topological polar surface area (TPSA) is 97.6 Å². The lowest BCUT2D eigenvalue weighted by atomic mass is 10.1. The fraction of sp³-hybridized carbons (Fsp3) is 0.545. The van der Waals surface area contributed by atoms with Gasteiger partial charge >= 0.3 is 5.97 Å². The van der Waals surface area contributed by atoms with Crippen LogP contribution in [0.5, 0.6) is 0 Å². The minimum atomic E-state index is -3.75. The van der Waals surface area contributed by atoms with Gasteiger partial charge in [-0.1, -0.05) is 0 Å². The Morgan fingerprint density at radius 3 is 3.00 bits per heavy atom. The molecule has 8 heteroatoms. The second-order valence-corrected chi connectivity index (χ2v) is 5.96. The molecule has 19 heavy (non-hydrogen) atoms. The lowest BCUT2D eigenvalue weighted by Gasteiger charge is -2.22. The van der Waals surface area contributed by atoms with Crippen molar-refractivity contribution in [3.8, 4) is 0 Å². The summed E-state index contributed by atoms with van der Waals surface area (Å²) in [7, 11) is -2.53. The molecule has 0 spiro atoms. The van der Waals surface area contributed by atoms with E-state index in [4.69, 9.17) is 4.42 Å². The molecule has 2 heterocycles. The largest absolute Gasteiger partial charge is 0.465 e. The van der Waals surface area contributed by atoms with Gasteiger partial charge in [-0.3, -0.25) is 0 Å². The monoisotopic (exact) mass is 288 g/mol. The van der Waals surface area contributed by atoms with Crippen molar-refractivity contribution >= 4 is 16.0 Å². The Labute approximate surface area is 111 Å². The third kappa shape index (κ3) is 3.34. The Kier molecular flexibility index (Phi) is 4.23. The lowest BCUT2D eigenvalue weighted by Crippen LogP contribution is -2.45. The number of esters is 1. The Balaban J connectivity index is 2.10. The Morgan fingerprint density at radius 2 is 2.37 bits per heavy atom. The van der Waals surface area contributed by atoms with Gasteiger partial charge in [0.05, 0.1) is 12.7 Å². The van der Waals surface area contributed by atoms with Crippen molar-refractivity contribution in [1.82, 2.24) is 10.0 Å². The molecule has 0 amide bonds. The molecule has 1 saturated heterocycles. The van der Waals surface area contributed by atoms with E-state index in [-0.39, 0.29) is 16.7 Å². The number of carbonyl (C=O) groups excluding carboxylic acids is 1. The van der Waals surface area contributed by atoms with E-state index < -0.39 is 16.0 Å². The molecule has 0 radical (unpaired) electrons. The Hall–Kier alpha value is -1.38. The molecule has 106 valence electrons. The minimum Gasteiger partial charge on any atom is -0.465 e. The molecule has 0 bridgehead atoms. The van der Waals surface area contributed by atoms with Gasteiger partial charge in [0.1, 0.15) is 6.26 Å². The second kappa shape index (κ2) is 5.72. The maximum atomic E-state index is 12.0.